The Balaban J connectivity index is 2.71. The van der Waals surface area contributed by atoms with E-state index in [2.05, 4.69) is 18.9 Å². The second-order valence-electron chi connectivity index (χ2n) is 4.44. The van der Waals surface area contributed by atoms with Crippen molar-refractivity contribution in [3.8, 4) is 0 Å². The van der Waals surface area contributed by atoms with Crippen LogP contribution < -0.4 is 0 Å². The minimum absolute atomic E-state index is 0.0841. The Morgan fingerprint density at radius 2 is 2.07 bits per heavy atom. The van der Waals surface area contributed by atoms with E-state index in [9.17, 15) is 0 Å². The summed E-state index contributed by atoms with van der Waals surface area (Å²) in [5, 5.41) is 0. The molecule has 15 heavy (non-hydrogen) atoms. The van der Waals surface area contributed by atoms with Gasteiger partial charge >= 0.3 is 0 Å². The molecule has 0 saturated carbocycles. The maximum absolute atomic E-state index is 5.69. The molecular formula is C11H25NO2Si. The predicted molar refractivity (Wildman–Crippen MR) is 66.0 cm³/mol. The minimum Gasteiger partial charge on any atom is -0.341 e. The van der Waals surface area contributed by atoms with Crippen LogP contribution in [0.15, 0.2) is 0 Å². The smallest absolute Gasteiger partial charge is 0.229 e. The van der Waals surface area contributed by atoms with Crippen molar-refractivity contribution in [3.63, 3.8) is 0 Å². The number of rotatable bonds is 5. The van der Waals surface area contributed by atoms with E-state index in [1.807, 2.05) is 0 Å². The molecule has 0 amide bonds. The summed E-state index contributed by atoms with van der Waals surface area (Å²) in [6, 6.07) is 1.40. The molecule has 0 aliphatic carbocycles. The van der Waals surface area contributed by atoms with E-state index < -0.39 is 5.91 Å². The maximum atomic E-state index is 5.69. The molecular weight excluding hydrogens is 206 g/mol. The van der Waals surface area contributed by atoms with Gasteiger partial charge in [0.2, 0.25) is 5.91 Å². The fourth-order valence-corrected chi connectivity index (χ4v) is 5.22. The molecule has 0 aromatic heterocycles. The second kappa shape index (κ2) is 5.99. The van der Waals surface area contributed by atoms with Crippen molar-refractivity contribution in [3.05, 3.63) is 0 Å². The molecule has 1 unspecified atom stereocenters. The minimum atomic E-state index is -0.417. The van der Waals surface area contributed by atoms with Gasteiger partial charge in [-0.05, 0) is 19.9 Å². The molecule has 1 saturated heterocycles. The molecule has 0 bridgehead atoms. The highest BCUT2D eigenvalue weighted by molar-refractivity contribution is 6.38. The highest BCUT2D eigenvalue weighted by Crippen LogP contribution is 2.38. The van der Waals surface area contributed by atoms with Crippen molar-refractivity contribution in [2.24, 2.45) is 0 Å². The summed E-state index contributed by atoms with van der Waals surface area (Å²) in [5.41, 5.74) is 0.645. The molecule has 1 rings (SSSR count). The van der Waals surface area contributed by atoms with Gasteiger partial charge in [0.05, 0.1) is 0 Å². The summed E-state index contributed by atoms with van der Waals surface area (Å²) in [6.07, 6.45) is 3.86. The van der Waals surface area contributed by atoms with Gasteiger partial charge in [-0.2, -0.15) is 0 Å². The number of ether oxygens (including phenoxy) is 2. The summed E-state index contributed by atoms with van der Waals surface area (Å²) in [5.74, 6) is -0.417. The zero-order chi connectivity index (χ0) is 11.3. The van der Waals surface area contributed by atoms with Crippen molar-refractivity contribution in [1.82, 2.24) is 4.90 Å². The van der Waals surface area contributed by atoms with Crippen LogP contribution in [-0.2, 0) is 9.47 Å². The Morgan fingerprint density at radius 3 is 2.60 bits per heavy atom. The highest BCUT2D eigenvalue weighted by atomic mass is 28.2. The number of hydrogen-bond acceptors (Lipinski definition) is 3. The third kappa shape index (κ3) is 2.61. The summed E-state index contributed by atoms with van der Waals surface area (Å²) in [4.78, 5) is 2.24. The average molecular weight is 231 g/mol. The molecule has 1 fully saturated rings. The molecule has 90 valence electrons. The van der Waals surface area contributed by atoms with Crippen molar-refractivity contribution in [2.75, 3.05) is 27.8 Å². The first-order valence-corrected chi connectivity index (χ1v) is 7.84. The van der Waals surface area contributed by atoms with Crippen LogP contribution in [0.5, 0.6) is 0 Å². The maximum Gasteiger partial charge on any atom is 0.229 e. The Bertz CT molecular complexity index is 185. The van der Waals surface area contributed by atoms with Crippen molar-refractivity contribution < 1.29 is 9.47 Å². The molecule has 0 radical (unpaired) electrons. The third-order valence-corrected chi connectivity index (χ3v) is 6.32. The van der Waals surface area contributed by atoms with Gasteiger partial charge in [-0.1, -0.05) is 19.4 Å². The monoisotopic (exact) mass is 231 g/mol. The standard InChI is InChI=1S/C11H25NO2Si/c1-5-9-15-10-7-6-8-12(2)11(10,13-3)14-4/h10H,5-9,15H2,1-4H3. The van der Waals surface area contributed by atoms with Crippen LogP contribution >= 0.6 is 0 Å². The lowest BCUT2D eigenvalue weighted by Crippen LogP contribution is -2.57. The van der Waals surface area contributed by atoms with E-state index in [-0.39, 0.29) is 9.52 Å². The SMILES string of the molecule is CCC[SiH2]C1CCCN(C)C1(OC)OC. The lowest BCUT2D eigenvalue weighted by Gasteiger charge is -2.48. The van der Waals surface area contributed by atoms with Gasteiger partial charge in [0, 0.05) is 35.8 Å². The molecule has 1 atom stereocenters. The number of nitrogens with zero attached hydrogens (tertiary/aromatic N) is 1. The molecule has 0 N–H and O–H groups in total. The van der Waals surface area contributed by atoms with Gasteiger partial charge < -0.3 is 9.47 Å². The topological polar surface area (TPSA) is 21.7 Å². The second-order valence-corrected chi connectivity index (χ2v) is 6.71. The number of methoxy groups -OCH3 is 2. The third-order valence-electron chi connectivity index (χ3n) is 3.59. The summed E-state index contributed by atoms with van der Waals surface area (Å²) < 4.78 is 11.4. The quantitative estimate of drug-likeness (QED) is 0.528. The van der Waals surface area contributed by atoms with E-state index in [4.69, 9.17) is 9.47 Å². The van der Waals surface area contributed by atoms with Crippen LogP contribution in [0.4, 0.5) is 0 Å². The van der Waals surface area contributed by atoms with Crippen LogP contribution in [-0.4, -0.2) is 48.1 Å². The van der Waals surface area contributed by atoms with Crippen LogP contribution in [0, 0.1) is 0 Å². The lowest BCUT2D eigenvalue weighted by molar-refractivity contribution is -0.301. The summed E-state index contributed by atoms with van der Waals surface area (Å²) in [7, 11) is 5.58. The van der Waals surface area contributed by atoms with E-state index in [0.29, 0.717) is 5.54 Å². The van der Waals surface area contributed by atoms with Gasteiger partial charge in [-0.15, -0.1) is 0 Å². The highest BCUT2D eigenvalue weighted by Gasteiger charge is 2.45. The number of likely N-dealkylation sites (tertiary alicyclic amines) is 1. The zero-order valence-electron chi connectivity index (χ0n) is 10.6. The van der Waals surface area contributed by atoms with Gasteiger partial charge in [-0.25, -0.2) is 0 Å². The molecule has 0 aromatic carbocycles. The lowest BCUT2D eigenvalue weighted by atomic mass is 10.1. The van der Waals surface area contributed by atoms with E-state index >= 15 is 0 Å². The molecule has 1 aliphatic heterocycles. The van der Waals surface area contributed by atoms with Gasteiger partial charge in [0.1, 0.15) is 0 Å². The largest absolute Gasteiger partial charge is 0.341 e. The Hall–Kier alpha value is 0.0969. The first-order chi connectivity index (χ1) is 7.21. The van der Waals surface area contributed by atoms with Crippen LogP contribution in [0.1, 0.15) is 26.2 Å². The van der Waals surface area contributed by atoms with Crippen LogP contribution in [0.2, 0.25) is 11.6 Å². The van der Waals surface area contributed by atoms with E-state index in [0.717, 1.165) is 6.54 Å². The Kier molecular flexibility index (Phi) is 5.25. The number of hydrogen-bond donors (Lipinski definition) is 0. The molecule has 1 heterocycles. The van der Waals surface area contributed by atoms with Crippen LogP contribution in [0.25, 0.3) is 0 Å². The molecule has 0 spiro atoms. The fraction of sp³-hybridized carbons (Fsp3) is 1.00. The summed E-state index contributed by atoms with van der Waals surface area (Å²) in [6.45, 7) is 3.35. The fourth-order valence-electron chi connectivity index (χ4n) is 2.73. The molecule has 0 aromatic rings. The number of piperidine rings is 1. The average Bonchev–Trinajstić information content (AvgIpc) is 2.27. The normalized spacial score (nSPS) is 27.6. The molecule has 3 nitrogen and oxygen atoms in total. The zero-order valence-corrected chi connectivity index (χ0v) is 12.0. The van der Waals surface area contributed by atoms with E-state index in [1.165, 1.54) is 25.3 Å². The van der Waals surface area contributed by atoms with Gasteiger partial charge in [0.15, 0.2) is 0 Å². The summed E-state index contributed by atoms with van der Waals surface area (Å²) >= 11 is 0. The first-order valence-electron chi connectivity index (χ1n) is 6.02. The predicted octanol–water partition coefficient (Wildman–Crippen LogP) is 1.44. The molecule has 4 heteroatoms. The van der Waals surface area contributed by atoms with Crippen molar-refractivity contribution in [2.45, 2.75) is 43.7 Å². The molecule has 1 aliphatic rings. The van der Waals surface area contributed by atoms with Crippen LogP contribution in [0.3, 0.4) is 0 Å². The van der Waals surface area contributed by atoms with E-state index in [1.54, 1.807) is 14.2 Å². The van der Waals surface area contributed by atoms with Gasteiger partial charge in [-0.3, -0.25) is 4.90 Å². The van der Waals surface area contributed by atoms with Crippen molar-refractivity contribution in [1.29, 1.82) is 0 Å². The van der Waals surface area contributed by atoms with Gasteiger partial charge in [0.25, 0.3) is 0 Å². The first kappa shape index (κ1) is 13.2. The Labute approximate surface area is 95.9 Å². The Morgan fingerprint density at radius 1 is 1.40 bits per heavy atom. The van der Waals surface area contributed by atoms with Crippen molar-refractivity contribution >= 4 is 9.52 Å².